The number of nitrogens with one attached hydrogen (secondary N) is 3. The van der Waals surface area contributed by atoms with E-state index in [9.17, 15) is 14.4 Å². The van der Waals surface area contributed by atoms with Crippen molar-refractivity contribution in [1.82, 2.24) is 20.9 Å². The molecule has 0 saturated carbocycles. The molecule has 7 nitrogen and oxygen atoms in total. The van der Waals surface area contributed by atoms with Crippen molar-refractivity contribution in [2.24, 2.45) is 0 Å². The zero-order valence-electron chi connectivity index (χ0n) is 16.4. The zero-order chi connectivity index (χ0) is 19.8. The number of aryl methyl sites for hydroxylation is 1. The molecular weight excluding hydrogens is 344 g/mol. The third kappa shape index (κ3) is 6.27. The highest BCUT2D eigenvalue weighted by molar-refractivity contribution is 5.94. The number of piperidine rings is 1. The van der Waals surface area contributed by atoms with Gasteiger partial charge >= 0.3 is 6.03 Å². The molecule has 1 fully saturated rings. The number of carbonyl (C=O) groups is 3. The van der Waals surface area contributed by atoms with Gasteiger partial charge in [0.05, 0.1) is 0 Å². The van der Waals surface area contributed by atoms with Crippen LogP contribution in [0.4, 0.5) is 4.79 Å². The Morgan fingerprint density at radius 1 is 1.11 bits per heavy atom. The second-order valence-corrected chi connectivity index (χ2v) is 7.12. The van der Waals surface area contributed by atoms with Gasteiger partial charge in [-0.15, -0.1) is 0 Å². The van der Waals surface area contributed by atoms with Crippen LogP contribution in [0.5, 0.6) is 0 Å². The SMILES string of the molecule is Cc1ccc(C(=O)NCCNC(=O)NC(C)C(=O)N2CCCCC2C)cc1. The number of hydrogen-bond donors (Lipinski definition) is 3. The number of carbonyl (C=O) groups excluding carboxylic acids is 3. The Balaban J connectivity index is 1.67. The standard InChI is InChI=1S/C20H30N4O3/c1-14-7-9-17(10-8-14)18(25)21-11-12-22-20(27)23-16(3)19(26)24-13-5-4-6-15(24)2/h7-10,15-16H,4-6,11-13H2,1-3H3,(H,21,25)(H2,22,23,27). The third-order valence-electron chi connectivity index (χ3n) is 4.81. The summed E-state index contributed by atoms with van der Waals surface area (Å²) in [6, 6.07) is 6.51. The summed E-state index contributed by atoms with van der Waals surface area (Å²) in [5, 5.41) is 8.08. The van der Waals surface area contributed by atoms with E-state index >= 15 is 0 Å². The van der Waals surface area contributed by atoms with Crippen molar-refractivity contribution in [2.45, 2.75) is 52.1 Å². The second-order valence-electron chi connectivity index (χ2n) is 7.12. The average molecular weight is 374 g/mol. The highest BCUT2D eigenvalue weighted by Crippen LogP contribution is 2.17. The van der Waals surface area contributed by atoms with Crippen molar-refractivity contribution in [2.75, 3.05) is 19.6 Å². The molecule has 1 heterocycles. The molecule has 1 aliphatic heterocycles. The maximum atomic E-state index is 12.5. The van der Waals surface area contributed by atoms with Crippen LogP contribution in [0.1, 0.15) is 49.0 Å². The van der Waals surface area contributed by atoms with Gasteiger partial charge in [-0.3, -0.25) is 9.59 Å². The minimum atomic E-state index is -0.576. The first-order valence-corrected chi connectivity index (χ1v) is 9.58. The fourth-order valence-electron chi connectivity index (χ4n) is 3.14. The van der Waals surface area contributed by atoms with E-state index in [-0.39, 0.29) is 24.4 Å². The van der Waals surface area contributed by atoms with E-state index in [4.69, 9.17) is 0 Å². The maximum Gasteiger partial charge on any atom is 0.315 e. The van der Waals surface area contributed by atoms with Crippen LogP contribution in [0, 0.1) is 6.92 Å². The molecule has 0 aliphatic carbocycles. The average Bonchev–Trinajstić information content (AvgIpc) is 2.65. The van der Waals surface area contributed by atoms with Gasteiger partial charge in [0.1, 0.15) is 6.04 Å². The maximum absolute atomic E-state index is 12.5. The van der Waals surface area contributed by atoms with Gasteiger partial charge in [-0.25, -0.2) is 4.79 Å². The highest BCUT2D eigenvalue weighted by Gasteiger charge is 2.27. The lowest BCUT2D eigenvalue weighted by Crippen LogP contribution is -2.53. The summed E-state index contributed by atoms with van der Waals surface area (Å²) in [5.41, 5.74) is 1.67. The number of benzene rings is 1. The van der Waals surface area contributed by atoms with E-state index < -0.39 is 12.1 Å². The van der Waals surface area contributed by atoms with Crippen LogP contribution in [0.15, 0.2) is 24.3 Å². The molecule has 1 aliphatic rings. The molecule has 0 aromatic heterocycles. The van der Waals surface area contributed by atoms with Gasteiger partial charge in [0.25, 0.3) is 5.91 Å². The van der Waals surface area contributed by atoms with Gasteiger partial charge in [-0.1, -0.05) is 17.7 Å². The monoisotopic (exact) mass is 374 g/mol. The number of urea groups is 1. The molecule has 0 bridgehead atoms. The number of likely N-dealkylation sites (tertiary alicyclic amines) is 1. The molecule has 1 aromatic rings. The number of amides is 4. The van der Waals surface area contributed by atoms with Crippen molar-refractivity contribution in [3.63, 3.8) is 0 Å². The molecule has 3 N–H and O–H groups in total. The lowest BCUT2D eigenvalue weighted by molar-refractivity contribution is -0.136. The minimum absolute atomic E-state index is 0.0509. The van der Waals surface area contributed by atoms with Crippen LogP contribution in [-0.2, 0) is 4.79 Å². The van der Waals surface area contributed by atoms with Crippen molar-refractivity contribution >= 4 is 17.8 Å². The van der Waals surface area contributed by atoms with Crippen LogP contribution >= 0.6 is 0 Å². The fourth-order valence-corrected chi connectivity index (χ4v) is 3.14. The molecule has 1 saturated heterocycles. The summed E-state index contributed by atoms with van der Waals surface area (Å²) in [4.78, 5) is 38.3. The number of hydrogen-bond acceptors (Lipinski definition) is 3. The van der Waals surface area contributed by atoms with Gasteiger partial charge in [-0.05, 0) is 52.2 Å². The molecule has 2 rings (SSSR count). The van der Waals surface area contributed by atoms with E-state index in [0.29, 0.717) is 12.1 Å². The summed E-state index contributed by atoms with van der Waals surface area (Å²) in [6.45, 7) is 7.04. The molecule has 2 atom stereocenters. The van der Waals surface area contributed by atoms with Crippen LogP contribution in [0.25, 0.3) is 0 Å². The first-order valence-electron chi connectivity index (χ1n) is 9.58. The van der Waals surface area contributed by atoms with Gasteiger partial charge in [0.2, 0.25) is 5.91 Å². The van der Waals surface area contributed by atoms with E-state index in [1.165, 1.54) is 0 Å². The van der Waals surface area contributed by atoms with Gasteiger partial charge < -0.3 is 20.9 Å². The van der Waals surface area contributed by atoms with E-state index in [1.54, 1.807) is 19.1 Å². The van der Waals surface area contributed by atoms with Crippen LogP contribution < -0.4 is 16.0 Å². The summed E-state index contributed by atoms with van der Waals surface area (Å²) in [6.07, 6.45) is 3.16. The van der Waals surface area contributed by atoms with E-state index in [0.717, 1.165) is 31.4 Å². The normalized spacial score (nSPS) is 17.7. The Labute approximate surface area is 160 Å². The third-order valence-corrected chi connectivity index (χ3v) is 4.81. The Hall–Kier alpha value is -2.57. The minimum Gasteiger partial charge on any atom is -0.350 e. The lowest BCUT2D eigenvalue weighted by Gasteiger charge is -2.35. The summed E-state index contributed by atoms with van der Waals surface area (Å²) in [5.74, 6) is -0.232. The molecule has 0 spiro atoms. The summed E-state index contributed by atoms with van der Waals surface area (Å²) in [7, 11) is 0. The van der Waals surface area contributed by atoms with Gasteiger partial charge in [0.15, 0.2) is 0 Å². The summed E-state index contributed by atoms with van der Waals surface area (Å²) < 4.78 is 0. The Morgan fingerprint density at radius 2 is 1.78 bits per heavy atom. The smallest absolute Gasteiger partial charge is 0.315 e. The zero-order valence-corrected chi connectivity index (χ0v) is 16.4. The molecule has 0 radical (unpaired) electrons. The molecule has 1 aromatic carbocycles. The Morgan fingerprint density at radius 3 is 2.44 bits per heavy atom. The first kappa shape index (κ1) is 20.7. The van der Waals surface area contributed by atoms with Crippen LogP contribution in [0.3, 0.4) is 0 Å². The van der Waals surface area contributed by atoms with Gasteiger partial charge in [0, 0.05) is 31.2 Å². The van der Waals surface area contributed by atoms with Crippen molar-refractivity contribution < 1.29 is 14.4 Å². The molecule has 2 unspecified atom stereocenters. The Bertz CT molecular complexity index is 660. The van der Waals surface area contributed by atoms with Crippen molar-refractivity contribution in [3.05, 3.63) is 35.4 Å². The molecule has 148 valence electrons. The molecular formula is C20H30N4O3. The van der Waals surface area contributed by atoms with E-state index in [1.807, 2.05) is 30.9 Å². The predicted octanol–water partition coefficient (Wildman–Crippen LogP) is 1.81. The lowest BCUT2D eigenvalue weighted by atomic mass is 10.0. The molecule has 27 heavy (non-hydrogen) atoms. The number of nitrogens with zero attached hydrogens (tertiary/aromatic N) is 1. The van der Waals surface area contributed by atoms with Crippen LogP contribution in [0.2, 0.25) is 0 Å². The first-order chi connectivity index (χ1) is 12.9. The molecule has 7 heteroatoms. The second kappa shape index (κ2) is 9.94. The molecule has 4 amide bonds. The number of rotatable bonds is 6. The van der Waals surface area contributed by atoms with Gasteiger partial charge in [-0.2, -0.15) is 0 Å². The summed E-state index contributed by atoms with van der Waals surface area (Å²) >= 11 is 0. The fraction of sp³-hybridized carbons (Fsp3) is 0.550. The largest absolute Gasteiger partial charge is 0.350 e. The van der Waals surface area contributed by atoms with Crippen molar-refractivity contribution in [1.29, 1.82) is 0 Å². The Kier molecular flexibility index (Phi) is 7.64. The van der Waals surface area contributed by atoms with Crippen LogP contribution in [-0.4, -0.2) is 54.5 Å². The topological polar surface area (TPSA) is 90.5 Å². The van der Waals surface area contributed by atoms with E-state index in [2.05, 4.69) is 16.0 Å². The highest BCUT2D eigenvalue weighted by atomic mass is 16.2. The predicted molar refractivity (Wildman–Crippen MR) is 105 cm³/mol. The quantitative estimate of drug-likeness (QED) is 0.663. The van der Waals surface area contributed by atoms with Crippen molar-refractivity contribution in [3.8, 4) is 0 Å².